The number of benzene rings is 4. The Morgan fingerprint density at radius 2 is 0.809 bits per heavy atom. The molecular weight excluding hydrogens is 920 g/mol. The molecule has 0 saturated carbocycles. The van der Waals surface area contributed by atoms with Crippen molar-refractivity contribution >= 4 is 23.9 Å². The van der Waals surface area contributed by atoms with E-state index < -0.39 is 201 Å². The van der Waals surface area contributed by atoms with E-state index in [0.29, 0.717) is 0 Å². The number of fused-ring (bicyclic) bond motifs is 2. The number of hydrogen-bond acceptors (Lipinski definition) is 26. The summed E-state index contributed by atoms with van der Waals surface area (Å²) in [6.45, 7) is -1.76. The third kappa shape index (κ3) is 8.52. The molecule has 0 aliphatic carbocycles. The lowest BCUT2D eigenvalue weighted by molar-refractivity contribution is -0.232. The smallest absolute Gasteiger partial charge is 0.347 e. The Hall–Kier alpha value is -7.56. The first-order chi connectivity index (χ1) is 32.1. The van der Waals surface area contributed by atoms with Crippen LogP contribution < -0.4 is 18.9 Å². The van der Waals surface area contributed by atoms with E-state index in [1.807, 2.05) is 0 Å². The van der Waals surface area contributed by atoms with Crippen molar-refractivity contribution in [3.63, 3.8) is 0 Å². The molecule has 7 rings (SSSR count). The van der Waals surface area contributed by atoms with Crippen LogP contribution in [0.25, 0.3) is 0 Å². The summed E-state index contributed by atoms with van der Waals surface area (Å²) in [5, 5.41) is 147. The highest BCUT2D eigenvalue weighted by Gasteiger charge is 2.49. The fourth-order valence-corrected chi connectivity index (χ4v) is 7.58. The number of esters is 4. The van der Waals surface area contributed by atoms with Crippen molar-refractivity contribution in [3.8, 4) is 69.0 Å². The summed E-state index contributed by atoms with van der Waals surface area (Å²) in [5.74, 6) is -16.2. The van der Waals surface area contributed by atoms with Gasteiger partial charge in [0.1, 0.15) is 85.4 Å². The lowest BCUT2D eigenvalue weighted by Crippen LogP contribution is -2.55. The van der Waals surface area contributed by atoms with Gasteiger partial charge in [0.2, 0.25) is 11.5 Å². The number of phenolic OH excluding ortho intramolecular Hbond substituents is 8. The molecule has 14 N–H and O–H groups in total. The lowest BCUT2D eigenvalue weighted by atomic mass is 9.89. The summed E-state index contributed by atoms with van der Waals surface area (Å²) in [6, 6.07) is 4.66. The van der Waals surface area contributed by atoms with E-state index in [-0.39, 0.29) is 0 Å². The van der Waals surface area contributed by atoms with Crippen LogP contribution in [0.4, 0.5) is 0 Å². The van der Waals surface area contributed by atoms with Gasteiger partial charge < -0.3 is 109 Å². The molecular formula is C42H40O26. The predicted octanol–water partition coefficient (Wildman–Crippen LogP) is -1.14. The van der Waals surface area contributed by atoms with Crippen LogP contribution in [-0.4, -0.2) is 172 Å². The molecule has 68 heavy (non-hydrogen) atoms. The second-order valence-electron chi connectivity index (χ2n) is 15.3. The predicted molar refractivity (Wildman–Crippen MR) is 214 cm³/mol. The minimum Gasteiger partial charge on any atom is -0.504 e. The fraction of sp³-hybridized carbons (Fsp3) is 0.333. The van der Waals surface area contributed by atoms with Gasteiger partial charge in [0.25, 0.3) is 0 Å². The molecule has 2 fully saturated rings. The first-order valence-corrected chi connectivity index (χ1v) is 19.6. The number of methoxy groups -OCH3 is 2. The number of carbonyl (C=O) groups excluding carboxylic acids is 4. The van der Waals surface area contributed by atoms with Gasteiger partial charge in [-0.15, -0.1) is 0 Å². The number of aliphatic hydroxyl groups is 6. The zero-order valence-corrected chi connectivity index (χ0v) is 34.8. The number of hydrogen-bond donors (Lipinski definition) is 14. The highest BCUT2D eigenvalue weighted by Crippen LogP contribution is 2.52. The largest absolute Gasteiger partial charge is 0.504 e. The molecule has 0 spiro atoms. The van der Waals surface area contributed by atoms with Crippen molar-refractivity contribution < 1.29 is 129 Å². The summed E-state index contributed by atoms with van der Waals surface area (Å²) >= 11 is 0. The Morgan fingerprint density at radius 1 is 0.485 bits per heavy atom. The van der Waals surface area contributed by atoms with Crippen molar-refractivity contribution in [2.45, 2.75) is 61.0 Å². The molecule has 2 saturated heterocycles. The van der Waals surface area contributed by atoms with Gasteiger partial charge in [-0.1, -0.05) is 0 Å². The highest BCUT2D eigenvalue weighted by atomic mass is 16.6. The molecule has 0 aromatic heterocycles. The summed E-state index contributed by atoms with van der Waals surface area (Å²) in [4.78, 5) is 53.3. The number of ether oxygens (including phenoxy) is 8. The maximum Gasteiger partial charge on any atom is 0.347 e. The number of carbonyl (C=O) groups is 4. The number of rotatable bonds is 10. The second-order valence-corrected chi connectivity index (χ2v) is 15.3. The zero-order chi connectivity index (χ0) is 49.8. The van der Waals surface area contributed by atoms with Gasteiger partial charge in [-0.2, -0.15) is 0 Å². The summed E-state index contributed by atoms with van der Waals surface area (Å²) in [6.07, 6.45) is -19.4. The quantitative estimate of drug-likeness (QED) is 0.0507. The standard InChI is InChI=1S/C42H40O26/c1-61-33-13(35-29(53)27(51)25(49)21(65-35)9-63-39(57)11-3-17(43)23(47)18(44)4-11)7-15-37(31(33)55)67-42(60)16-8-14(34(62-2)32(56)38(16)68-41(15)59)36-30(54)28(52)26(50)22(66-36)10-64-40(58)12-5-19(45)24(48)20(46)6-12/h3-8,21-22,25-30,35-36,43-56H,9-10H2,1-2H3/t21-,22-,25-,26-,27+,28+,29-,30?,35+,36+/m1/s1. The first-order valence-electron chi connectivity index (χ1n) is 19.6. The zero-order valence-electron chi connectivity index (χ0n) is 34.8. The van der Waals surface area contributed by atoms with Crippen molar-refractivity contribution in [2.75, 3.05) is 27.4 Å². The summed E-state index contributed by atoms with van der Waals surface area (Å²) < 4.78 is 43.3. The van der Waals surface area contributed by atoms with Crippen molar-refractivity contribution in [2.24, 2.45) is 0 Å². The van der Waals surface area contributed by atoms with Crippen LogP contribution in [0.3, 0.4) is 0 Å². The highest BCUT2D eigenvalue weighted by molar-refractivity contribution is 6.04. The Bertz CT molecular complexity index is 2450. The van der Waals surface area contributed by atoms with E-state index in [9.17, 15) is 90.7 Å². The fourth-order valence-electron chi connectivity index (χ4n) is 7.58. The average molecular weight is 961 g/mol. The van der Waals surface area contributed by atoms with Gasteiger partial charge in [-0.25, -0.2) is 19.2 Å². The molecule has 4 aromatic rings. The molecule has 26 heteroatoms. The second kappa shape index (κ2) is 18.6. The van der Waals surface area contributed by atoms with Gasteiger partial charge in [-0.3, -0.25) is 0 Å². The van der Waals surface area contributed by atoms with E-state index in [1.165, 1.54) is 0 Å². The average Bonchev–Trinajstić information content (AvgIpc) is 3.30. The molecule has 0 bridgehead atoms. The Kier molecular flexibility index (Phi) is 13.2. The number of phenols is 8. The first kappa shape index (κ1) is 48.4. The van der Waals surface area contributed by atoms with E-state index in [4.69, 9.17) is 37.9 Å². The molecule has 0 radical (unpaired) electrons. The van der Waals surface area contributed by atoms with Gasteiger partial charge in [0, 0.05) is 11.1 Å². The third-order valence-corrected chi connectivity index (χ3v) is 11.1. The van der Waals surface area contributed by atoms with Crippen LogP contribution in [0, 0.1) is 0 Å². The summed E-state index contributed by atoms with van der Waals surface area (Å²) in [5.41, 5.74) is -3.45. The molecule has 3 aliphatic rings. The molecule has 364 valence electrons. The number of aliphatic hydroxyl groups excluding tert-OH is 6. The van der Waals surface area contributed by atoms with Crippen LogP contribution in [-0.2, 0) is 18.9 Å². The van der Waals surface area contributed by atoms with Gasteiger partial charge in [0.15, 0.2) is 57.5 Å². The van der Waals surface area contributed by atoms with Gasteiger partial charge in [0.05, 0.1) is 25.3 Å². The number of aromatic hydroxyl groups is 8. The Morgan fingerprint density at radius 3 is 1.12 bits per heavy atom. The van der Waals surface area contributed by atoms with Crippen molar-refractivity contribution in [1.82, 2.24) is 0 Å². The Labute approximate surface area is 379 Å². The topological polar surface area (TPSA) is 425 Å². The molecule has 3 heterocycles. The normalized spacial score (nSPS) is 25.6. The van der Waals surface area contributed by atoms with Crippen molar-refractivity contribution in [1.29, 1.82) is 0 Å². The molecule has 0 amide bonds. The van der Waals surface area contributed by atoms with E-state index in [1.54, 1.807) is 0 Å². The van der Waals surface area contributed by atoms with Gasteiger partial charge >= 0.3 is 23.9 Å². The molecule has 3 aliphatic heterocycles. The van der Waals surface area contributed by atoms with Crippen molar-refractivity contribution in [3.05, 3.63) is 69.8 Å². The van der Waals surface area contributed by atoms with Crippen LogP contribution >= 0.6 is 0 Å². The van der Waals surface area contributed by atoms with E-state index in [0.717, 1.165) is 50.6 Å². The van der Waals surface area contributed by atoms with Gasteiger partial charge in [-0.05, 0) is 36.4 Å². The molecule has 1 unspecified atom stereocenters. The van der Waals surface area contributed by atoms with Crippen LogP contribution in [0.1, 0.15) is 64.8 Å². The van der Waals surface area contributed by atoms with Crippen LogP contribution in [0.15, 0.2) is 36.4 Å². The third-order valence-electron chi connectivity index (χ3n) is 11.1. The minimum atomic E-state index is -2.08. The Balaban J connectivity index is 1.17. The monoisotopic (exact) mass is 960 g/mol. The molecule has 26 nitrogen and oxygen atoms in total. The summed E-state index contributed by atoms with van der Waals surface area (Å²) in [7, 11) is 1.97. The van der Waals surface area contributed by atoms with E-state index in [2.05, 4.69) is 0 Å². The maximum absolute atomic E-state index is 13.9. The lowest BCUT2D eigenvalue weighted by Gasteiger charge is -2.41. The molecule has 4 aromatic carbocycles. The minimum absolute atomic E-state index is 0.457. The van der Waals surface area contributed by atoms with Crippen LogP contribution in [0.5, 0.6) is 69.0 Å². The molecule has 10 atom stereocenters. The van der Waals surface area contributed by atoms with Crippen LogP contribution in [0.2, 0.25) is 0 Å². The maximum atomic E-state index is 13.9. The SMILES string of the molecule is COc1c([C@@H]2O[C@H](COC(=O)c3cc(O)c(O)c(O)c3)[C@@H](O)[C@H](O)C2O)cc2c(c1O)OC(=O)c1cc([C@@H]3O[C@H](COC(=O)c4cc(O)c(O)c(O)c4)[C@@H](O)[C@H](O)[C@H]3O)c(OC)c(O)c1OC2=O. The van der Waals surface area contributed by atoms with E-state index >= 15 is 0 Å².